The minimum atomic E-state index is -4.65. The molecule has 0 bridgehead atoms. The second-order valence-electron chi connectivity index (χ2n) is 6.57. The number of hydrogen-bond donors (Lipinski definition) is 4. The van der Waals surface area contributed by atoms with E-state index in [9.17, 15) is 21.6 Å². The predicted molar refractivity (Wildman–Crippen MR) is 106 cm³/mol. The number of rotatable bonds is 7. The summed E-state index contributed by atoms with van der Waals surface area (Å²) in [6.07, 6.45) is -1.57. The third-order valence-electron chi connectivity index (χ3n) is 4.16. The Hall–Kier alpha value is -2.93. The Kier molecular flexibility index (Phi) is 6.12. The van der Waals surface area contributed by atoms with Crippen LogP contribution in [0, 0.1) is 5.41 Å². The lowest BCUT2D eigenvalue weighted by molar-refractivity contribution is -0.137. The second kappa shape index (κ2) is 8.44. The van der Waals surface area contributed by atoms with E-state index in [-0.39, 0.29) is 35.5 Å². The van der Waals surface area contributed by atoms with E-state index in [1.54, 1.807) is 0 Å². The number of sulfonamides is 1. The van der Waals surface area contributed by atoms with Gasteiger partial charge in [0.25, 0.3) is 0 Å². The quantitative estimate of drug-likeness (QED) is 0.483. The summed E-state index contributed by atoms with van der Waals surface area (Å²) < 4.78 is 70.5. The van der Waals surface area contributed by atoms with Crippen LogP contribution in [0.2, 0.25) is 0 Å². The number of alkyl halides is 3. The Morgan fingerprint density at radius 3 is 2.63 bits per heavy atom. The summed E-state index contributed by atoms with van der Waals surface area (Å²) in [6.45, 7) is 0.708. The molecule has 3 rings (SSSR count). The molecule has 30 heavy (non-hydrogen) atoms. The first-order valence-corrected chi connectivity index (χ1v) is 10.6. The van der Waals surface area contributed by atoms with Gasteiger partial charge in [0.05, 0.1) is 30.3 Å². The molecule has 1 atom stereocenters. The molecule has 1 aromatic heterocycles. The zero-order valence-electron chi connectivity index (χ0n) is 15.7. The molecule has 0 spiro atoms. The number of nitrogens with zero attached hydrogens (tertiary/aromatic N) is 2. The van der Waals surface area contributed by atoms with E-state index in [0.29, 0.717) is 19.2 Å². The molecule has 9 nitrogen and oxygen atoms in total. The van der Waals surface area contributed by atoms with E-state index < -0.39 is 27.6 Å². The number of anilines is 4. The van der Waals surface area contributed by atoms with Crippen molar-refractivity contribution in [2.24, 2.45) is 0 Å². The van der Waals surface area contributed by atoms with Crippen molar-refractivity contribution >= 4 is 39.4 Å². The molecular formula is C17H19F3N6O3S. The Balaban J connectivity index is 1.95. The molecule has 1 aliphatic heterocycles. The lowest BCUT2D eigenvalue weighted by Gasteiger charge is -2.18. The summed E-state index contributed by atoms with van der Waals surface area (Å²) in [6, 6.07) is 4.18. The Labute approximate surface area is 170 Å². The first-order chi connectivity index (χ1) is 14.1. The predicted octanol–water partition coefficient (Wildman–Crippen LogP) is 2.81. The van der Waals surface area contributed by atoms with Crippen molar-refractivity contribution in [3.8, 4) is 0 Å². The van der Waals surface area contributed by atoms with Crippen LogP contribution in [0.1, 0.15) is 17.5 Å². The molecule has 1 saturated heterocycles. The smallest absolute Gasteiger partial charge is 0.379 e. The summed E-state index contributed by atoms with van der Waals surface area (Å²) >= 11 is 0. The van der Waals surface area contributed by atoms with E-state index >= 15 is 0 Å². The van der Waals surface area contributed by atoms with Crippen molar-refractivity contribution < 1.29 is 26.3 Å². The molecular weight excluding hydrogens is 425 g/mol. The lowest BCUT2D eigenvalue weighted by atomic mass is 10.1. The van der Waals surface area contributed by atoms with Crippen LogP contribution in [-0.2, 0) is 20.9 Å². The monoisotopic (exact) mass is 444 g/mol. The van der Waals surface area contributed by atoms with Gasteiger partial charge in [-0.3, -0.25) is 4.72 Å². The highest BCUT2D eigenvalue weighted by Gasteiger charge is 2.36. The topological polar surface area (TPSA) is 129 Å². The van der Waals surface area contributed by atoms with Crippen LogP contribution in [0.5, 0.6) is 0 Å². The molecule has 1 aromatic carbocycles. The molecule has 0 saturated carbocycles. The summed E-state index contributed by atoms with van der Waals surface area (Å²) in [7, 11) is -3.60. The van der Waals surface area contributed by atoms with Gasteiger partial charge in [0, 0.05) is 24.6 Å². The van der Waals surface area contributed by atoms with Gasteiger partial charge in [-0.25, -0.2) is 13.4 Å². The summed E-state index contributed by atoms with van der Waals surface area (Å²) in [5, 5.41) is 13.1. The van der Waals surface area contributed by atoms with Gasteiger partial charge in [-0.2, -0.15) is 18.2 Å². The zero-order chi connectivity index (χ0) is 21.9. The van der Waals surface area contributed by atoms with E-state index in [1.807, 2.05) is 0 Å². The van der Waals surface area contributed by atoms with Gasteiger partial charge in [-0.05, 0) is 18.6 Å². The average Bonchev–Trinajstić information content (AvgIpc) is 3.13. The third kappa shape index (κ3) is 5.36. The molecule has 0 aliphatic carbocycles. The third-order valence-corrected chi connectivity index (χ3v) is 4.75. The minimum Gasteiger partial charge on any atom is -0.379 e. The number of hydrogen-bond acceptors (Lipinski definition) is 8. The number of aromatic nitrogens is 2. The van der Waals surface area contributed by atoms with Crippen molar-refractivity contribution in [1.82, 2.24) is 9.97 Å². The molecule has 13 heteroatoms. The van der Waals surface area contributed by atoms with Gasteiger partial charge in [0.2, 0.25) is 16.0 Å². The minimum absolute atomic E-state index is 0.130. The number of benzene rings is 1. The summed E-state index contributed by atoms with van der Waals surface area (Å²) in [4.78, 5) is 7.68. The van der Waals surface area contributed by atoms with Gasteiger partial charge in [0.15, 0.2) is 0 Å². The highest BCUT2D eigenvalue weighted by atomic mass is 32.2. The zero-order valence-corrected chi connectivity index (χ0v) is 16.6. The van der Waals surface area contributed by atoms with Crippen LogP contribution >= 0.6 is 0 Å². The van der Waals surface area contributed by atoms with Crippen molar-refractivity contribution in [2.75, 3.05) is 34.8 Å². The molecule has 0 radical (unpaired) electrons. The van der Waals surface area contributed by atoms with Crippen molar-refractivity contribution in [2.45, 2.75) is 18.6 Å². The first kappa shape index (κ1) is 21.8. The van der Waals surface area contributed by atoms with Crippen LogP contribution in [0.25, 0.3) is 0 Å². The fraction of sp³-hybridized carbons (Fsp3) is 0.353. The van der Waals surface area contributed by atoms with Gasteiger partial charge < -0.3 is 20.8 Å². The Morgan fingerprint density at radius 2 is 2.03 bits per heavy atom. The average molecular weight is 444 g/mol. The summed E-state index contributed by atoms with van der Waals surface area (Å²) in [5.74, 6) is -0.540. The van der Waals surface area contributed by atoms with Crippen molar-refractivity contribution in [3.05, 3.63) is 35.5 Å². The maximum Gasteiger partial charge on any atom is 0.421 e. The maximum atomic E-state index is 13.3. The van der Waals surface area contributed by atoms with Crippen LogP contribution < -0.4 is 15.4 Å². The highest BCUT2D eigenvalue weighted by molar-refractivity contribution is 7.92. The SMILES string of the molecule is CS(=O)(=O)Nc1cccc(Nc2ncc(C(F)(F)F)c(N[C@H]3CCOC3)n2)c1C=N. The molecule has 1 aliphatic rings. The molecule has 2 aromatic rings. The second-order valence-corrected chi connectivity index (χ2v) is 8.32. The molecule has 0 amide bonds. The maximum absolute atomic E-state index is 13.3. The van der Waals surface area contributed by atoms with Crippen LogP contribution in [0.15, 0.2) is 24.4 Å². The molecule has 1 fully saturated rings. The normalized spacial score (nSPS) is 16.9. The highest BCUT2D eigenvalue weighted by Crippen LogP contribution is 2.35. The van der Waals surface area contributed by atoms with Crippen LogP contribution in [0.4, 0.5) is 36.3 Å². The van der Waals surface area contributed by atoms with Gasteiger partial charge in [-0.15, -0.1) is 0 Å². The molecule has 0 unspecified atom stereocenters. The molecule has 2 heterocycles. The van der Waals surface area contributed by atoms with Crippen LogP contribution in [-0.4, -0.2) is 50.1 Å². The van der Waals surface area contributed by atoms with Crippen molar-refractivity contribution in [1.29, 1.82) is 5.41 Å². The van der Waals surface area contributed by atoms with E-state index in [1.165, 1.54) is 18.2 Å². The van der Waals surface area contributed by atoms with Gasteiger partial charge in [-0.1, -0.05) is 6.07 Å². The Bertz CT molecular complexity index is 1040. The number of halogens is 3. The Morgan fingerprint density at radius 1 is 1.30 bits per heavy atom. The standard InChI is InChI=1S/C17H19F3N6O3S/c1-30(27,28)26-14-4-2-3-13(11(14)7-21)24-16-22-8-12(17(18,19)20)15(25-16)23-10-5-6-29-9-10/h2-4,7-8,10,21,26H,5-6,9H2,1H3,(H2,22,23,24,25)/t10-/m0/s1. The number of ether oxygens (including phenoxy) is 1. The van der Waals surface area contributed by atoms with Gasteiger partial charge in [0.1, 0.15) is 11.4 Å². The molecule has 162 valence electrons. The number of nitrogens with one attached hydrogen (secondary N) is 4. The molecule has 4 N–H and O–H groups in total. The largest absolute Gasteiger partial charge is 0.421 e. The van der Waals surface area contributed by atoms with Crippen LogP contribution in [0.3, 0.4) is 0 Å². The van der Waals surface area contributed by atoms with Gasteiger partial charge >= 0.3 is 6.18 Å². The van der Waals surface area contributed by atoms with E-state index in [0.717, 1.165) is 12.5 Å². The van der Waals surface area contributed by atoms with E-state index in [2.05, 4.69) is 25.3 Å². The summed E-state index contributed by atoms with van der Waals surface area (Å²) in [5.41, 5.74) is -0.468. The fourth-order valence-electron chi connectivity index (χ4n) is 2.84. The van der Waals surface area contributed by atoms with E-state index in [4.69, 9.17) is 10.1 Å². The van der Waals surface area contributed by atoms with Crippen molar-refractivity contribution in [3.63, 3.8) is 0 Å². The fourth-order valence-corrected chi connectivity index (χ4v) is 3.42. The first-order valence-electron chi connectivity index (χ1n) is 8.73. The lowest BCUT2D eigenvalue weighted by Crippen LogP contribution is -2.23.